The third kappa shape index (κ3) is 2.95. The van der Waals surface area contributed by atoms with Gasteiger partial charge in [-0.25, -0.2) is 14.4 Å². The zero-order valence-corrected chi connectivity index (χ0v) is 16.8. The van der Waals surface area contributed by atoms with Crippen LogP contribution in [-0.4, -0.2) is 50.1 Å². The third-order valence-corrected chi connectivity index (χ3v) is 5.36. The fourth-order valence-corrected chi connectivity index (χ4v) is 3.75. The normalized spacial score (nSPS) is 19.0. The van der Waals surface area contributed by atoms with Crippen LogP contribution in [0.1, 0.15) is 18.1 Å². The summed E-state index contributed by atoms with van der Waals surface area (Å²) in [6.45, 7) is 2.35. The highest BCUT2D eigenvalue weighted by atomic mass is 19.1. The summed E-state index contributed by atoms with van der Waals surface area (Å²) >= 11 is 0. The topological polar surface area (TPSA) is 95.0 Å². The minimum Gasteiger partial charge on any atom is -0.497 e. The van der Waals surface area contributed by atoms with Crippen LogP contribution in [-0.2, 0) is 12.7 Å². The molecule has 0 bridgehead atoms. The second kappa shape index (κ2) is 6.75. The fourth-order valence-electron chi connectivity index (χ4n) is 3.75. The Morgan fingerprint density at radius 2 is 1.97 bits per heavy atom. The SMILES string of the molecule is COc1ccc(-c2noc(C3(F)CCN(c4nc(C)nc5c4cnn5C)C3)n2)cc1. The van der Waals surface area contributed by atoms with Gasteiger partial charge in [0.05, 0.1) is 25.2 Å². The summed E-state index contributed by atoms with van der Waals surface area (Å²) in [5.74, 6) is 2.31. The number of hydrogen-bond donors (Lipinski definition) is 0. The molecule has 3 aromatic heterocycles. The van der Waals surface area contributed by atoms with Crippen molar-refractivity contribution in [3.63, 3.8) is 0 Å². The van der Waals surface area contributed by atoms with Crippen LogP contribution in [0.5, 0.6) is 5.75 Å². The van der Waals surface area contributed by atoms with Crippen molar-refractivity contribution in [3.05, 3.63) is 42.2 Å². The first-order valence-electron chi connectivity index (χ1n) is 9.56. The van der Waals surface area contributed by atoms with Crippen molar-refractivity contribution < 1.29 is 13.7 Å². The molecular weight excluding hydrogens is 389 g/mol. The molecule has 4 aromatic rings. The van der Waals surface area contributed by atoms with Crippen molar-refractivity contribution in [3.8, 4) is 17.1 Å². The highest BCUT2D eigenvalue weighted by Crippen LogP contribution is 2.39. The summed E-state index contributed by atoms with van der Waals surface area (Å²) in [5.41, 5.74) is -0.313. The van der Waals surface area contributed by atoms with Crippen molar-refractivity contribution in [1.29, 1.82) is 0 Å². The standard InChI is InChI=1S/C20H20FN7O2/c1-12-23-17-15(10-22-27(17)2)18(24-12)28-9-8-20(21,11-28)19-25-16(26-30-19)13-4-6-14(29-3)7-5-13/h4-7,10H,8-9,11H2,1-3H3. The largest absolute Gasteiger partial charge is 0.497 e. The van der Waals surface area contributed by atoms with E-state index in [4.69, 9.17) is 9.26 Å². The number of rotatable bonds is 4. The van der Waals surface area contributed by atoms with Crippen molar-refractivity contribution in [2.24, 2.45) is 7.05 Å². The molecule has 154 valence electrons. The van der Waals surface area contributed by atoms with Gasteiger partial charge in [0.15, 0.2) is 5.65 Å². The van der Waals surface area contributed by atoms with Crippen LogP contribution in [0.25, 0.3) is 22.4 Å². The molecule has 30 heavy (non-hydrogen) atoms. The van der Waals surface area contributed by atoms with Crippen molar-refractivity contribution in [2.45, 2.75) is 19.0 Å². The number of nitrogens with zero attached hydrogens (tertiary/aromatic N) is 7. The van der Waals surface area contributed by atoms with Gasteiger partial charge in [0.25, 0.3) is 5.89 Å². The molecule has 1 aliphatic rings. The molecule has 0 saturated carbocycles. The van der Waals surface area contributed by atoms with Crippen LogP contribution < -0.4 is 9.64 Å². The molecule has 5 rings (SSSR count). The minimum atomic E-state index is -1.76. The summed E-state index contributed by atoms with van der Waals surface area (Å²) in [5, 5.41) is 9.02. The zero-order chi connectivity index (χ0) is 20.9. The maximum Gasteiger partial charge on any atom is 0.266 e. The lowest BCUT2D eigenvalue weighted by Gasteiger charge is -2.19. The predicted molar refractivity (Wildman–Crippen MR) is 107 cm³/mol. The van der Waals surface area contributed by atoms with Gasteiger partial charge in [-0.3, -0.25) is 4.68 Å². The van der Waals surface area contributed by atoms with Gasteiger partial charge in [0, 0.05) is 25.6 Å². The van der Waals surface area contributed by atoms with E-state index >= 15 is 4.39 Å². The average molecular weight is 409 g/mol. The van der Waals surface area contributed by atoms with Gasteiger partial charge < -0.3 is 14.2 Å². The Balaban J connectivity index is 1.43. The Hall–Kier alpha value is -3.56. The van der Waals surface area contributed by atoms with E-state index in [1.807, 2.05) is 31.0 Å². The number of aromatic nitrogens is 6. The summed E-state index contributed by atoms with van der Waals surface area (Å²) < 4.78 is 28.0. The summed E-state index contributed by atoms with van der Waals surface area (Å²) in [6.07, 6.45) is 1.93. The number of alkyl halides is 1. The number of ether oxygens (including phenoxy) is 1. The van der Waals surface area contributed by atoms with Gasteiger partial charge in [0.2, 0.25) is 11.5 Å². The lowest BCUT2D eigenvalue weighted by Crippen LogP contribution is -2.28. The second-order valence-corrected chi connectivity index (χ2v) is 7.39. The summed E-state index contributed by atoms with van der Waals surface area (Å²) in [6, 6.07) is 7.21. The number of benzene rings is 1. The van der Waals surface area contributed by atoms with Crippen LogP contribution >= 0.6 is 0 Å². The number of aryl methyl sites for hydroxylation is 2. The molecular formula is C20H20FN7O2. The number of hydrogen-bond acceptors (Lipinski definition) is 8. The molecule has 1 fully saturated rings. The first kappa shape index (κ1) is 18.5. The second-order valence-electron chi connectivity index (χ2n) is 7.39. The zero-order valence-electron chi connectivity index (χ0n) is 16.8. The van der Waals surface area contributed by atoms with E-state index in [0.717, 1.165) is 16.7 Å². The number of halogens is 1. The van der Waals surface area contributed by atoms with E-state index in [2.05, 4.69) is 25.2 Å². The maximum atomic E-state index is 15.8. The van der Waals surface area contributed by atoms with Gasteiger partial charge in [-0.1, -0.05) is 5.16 Å². The number of methoxy groups -OCH3 is 1. The van der Waals surface area contributed by atoms with Gasteiger partial charge in [-0.2, -0.15) is 10.1 Å². The van der Waals surface area contributed by atoms with E-state index < -0.39 is 5.67 Å². The van der Waals surface area contributed by atoms with Crippen molar-refractivity contribution in [2.75, 3.05) is 25.1 Å². The molecule has 0 amide bonds. The quantitative estimate of drug-likeness (QED) is 0.508. The lowest BCUT2D eigenvalue weighted by molar-refractivity contribution is 0.136. The predicted octanol–water partition coefficient (Wildman–Crippen LogP) is 2.81. The van der Waals surface area contributed by atoms with E-state index in [1.54, 1.807) is 30.1 Å². The monoisotopic (exact) mass is 409 g/mol. The van der Waals surface area contributed by atoms with E-state index in [1.165, 1.54) is 0 Å². The molecule has 0 spiro atoms. The van der Waals surface area contributed by atoms with E-state index in [-0.39, 0.29) is 18.9 Å². The Labute approximate surface area is 171 Å². The summed E-state index contributed by atoms with van der Waals surface area (Å²) in [7, 11) is 3.42. The lowest BCUT2D eigenvalue weighted by atomic mass is 10.1. The van der Waals surface area contributed by atoms with E-state index in [9.17, 15) is 0 Å². The molecule has 4 heterocycles. The van der Waals surface area contributed by atoms with Gasteiger partial charge in [-0.05, 0) is 31.2 Å². The van der Waals surface area contributed by atoms with Crippen LogP contribution in [0.4, 0.5) is 10.2 Å². The third-order valence-electron chi connectivity index (χ3n) is 5.36. The average Bonchev–Trinajstić information content (AvgIpc) is 3.48. The van der Waals surface area contributed by atoms with Crippen molar-refractivity contribution >= 4 is 16.9 Å². The van der Waals surface area contributed by atoms with Crippen LogP contribution in [0, 0.1) is 6.92 Å². The fraction of sp³-hybridized carbons (Fsp3) is 0.350. The van der Waals surface area contributed by atoms with Gasteiger partial charge in [0.1, 0.15) is 17.4 Å². The maximum absolute atomic E-state index is 15.8. The molecule has 9 nitrogen and oxygen atoms in total. The van der Waals surface area contributed by atoms with Crippen LogP contribution in [0.2, 0.25) is 0 Å². The molecule has 1 saturated heterocycles. The molecule has 1 aliphatic heterocycles. The van der Waals surface area contributed by atoms with E-state index in [0.29, 0.717) is 29.7 Å². The molecule has 10 heteroatoms. The molecule has 1 aromatic carbocycles. The van der Waals surface area contributed by atoms with Crippen LogP contribution in [0.15, 0.2) is 35.0 Å². The van der Waals surface area contributed by atoms with Gasteiger partial charge >= 0.3 is 0 Å². The smallest absolute Gasteiger partial charge is 0.266 e. The molecule has 0 radical (unpaired) electrons. The minimum absolute atomic E-state index is 0.0240. The highest BCUT2D eigenvalue weighted by Gasteiger charge is 2.46. The Morgan fingerprint density at radius 3 is 2.73 bits per heavy atom. The van der Waals surface area contributed by atoms with Crippen molar-refractivity contribution in [1.82, 2.24) is 29.9 Å². The highest BCUT2D eigenvalue weighted by molar-refractivity contribution is 5.87. The molecule has 1 unspecified atom stereocenters. The Bertz CT molecular complexity index is 1220. The molecule has 1 atom stereocenters. The summed E-state index contributed by atoms with van der Waals surface area (Å²) in [4.78, 5) is 15.2. The first-order chi connectivity index (χ1) is 14.5. The van der Waals surface area contributed by atoms with Crippen LogP contribution in [0.3, 0.4) is 0 Å². The molecule has 0 aliphatic carbocycles. The Kier molecular flexibility index (Phi) is 4.16. The number of anilines is 1. The molecule has 0 N–H and O–H groups in total. The first-order valence-corrected chi connectivity index (χ1v) is 9.56. The van der Waals surface area contributed by atoms with Gasteiger partial charge in [-0.15, -0.1) is 0 Å². The number of fused-ring (bicyclic) bond motifs is 1. The Morgan fingerprint density at radius 1 is 1.17 bits per heavy atom.